The van der Waals surface area contributed by atoms with Crippen molar-refractivity contribution in [1.29, 1.82) is 0 Å². The molecule has 0 radical (unpaired) electrons. The molecule has 32 heavy (non-hydrogen) atoms. The van der Waals surface area contributed by atoms with Crippen molar-refractivity contribution in [2.45, 2.75) is 93.3 Å². The third-order valence-corrected chi connectivity index (χ3v) is 6.51. The summed E-state index contributed by atoms with van der Waals surface area (Å²) >= 11 is 0. The van der Waals surface area contributed by atoms with Crippen LogP contribution >= 0.6 is 0 Å². The van der Waals surface area contributed by atoms with E-state index >= 15 is 0 Å². The van der Waals surface area contributed by atoms with Crippen LogP contribution in [0.15, 0.2) is 58.7 Å². The fourth-order valence-electron chi connectivity index (χ4n) is 4.07. The zero-order chi connectivity index (χ0) is 24.3. The first kappa shape index (κ1) is 28.2. The van der Waals surface area contributed by atoms with Crippen LogP contribution in [0.5, 0.6) is 0 Å². The van der Waals surface area contributed by atoms with E-state index in [9.17, 15) is 4.79 Å². The van der Waals surface area contributed by atoms with Crippen molar-refractivity contribution < 1.29 is 14.3 Å². The first-order valence-corrected chi connectivity index (χ1v) is 12.3. The van der Waals surface area contributed by atoms with Crippen LogP contribution in [0.2, 0.25) is 0 Å². The second kappa shape index (κ2) is 14.3. The Balaban J connectivity index is 3.41. The number of carbonyl (C=O) groups excluding carboxylic acids is 1. The van der Waals surface area contributed by atoms with Gasteiger partial charge in [-0.1, -0.05) is 82.2 Å². The number of carbonyl (C=O) groups is 1. The minimum atomic E-state index is -0.205. The molecule has 0 aromatic carbocycles. The van der Waals surface area contributed by atoms with E-state index in [2.05, 4.69) is 72.8 Å². The fraction of sp³-hybridized carbons (Fsp3) is 0.621. The van der Waals surface area contributed by atoms with Crippen molar-refractivity contribution in [3.05, 3.63) is 58.7 Å². The molecule has 1 rings (SSSR count). The number of ether oxygens (including phenoxy) is 2. The third kappa shape index (κ3) is 8.94. The predicted octanol–water partition coefficient (Wildman–Crippen LogP) is 7.76. The van der Waals surface area contributed by atoms with Crippen LogP contribution in [0.1, 0.15) is 81.1 Å². The Morgan fingerprint density at radius 1 is 1.12 bits per heavy atom. The largest absolute Gasteiger partial charge is 0.458 e. The summed E-state index contributed by atoms with van der Waals surface area (Å²) < 4.78 is 11.9. The first-order valence-electron chi connectivity index (χ1n) is 12.3. The lowest BCUT2D eigenvalue weighted by Gasteiger charge is -2.25. The maximum atomic E-state index is 12.8. The van der Waals surface area contributed by atoms with E-state index in [0.29, 0.717) is 24.7 Å². The Kier molecular flexibility index (Phi) is 12.6. The molecule has 1 heterocycles. The van der Waals surface area contributed by atoms with E-state index in [4.69, 9.17) is 9.47 Å². The molecule has 0 aromatic heterocycles. The average Bonchev–Trinajstić information content (AvgIpc) is 2.74. The summed E-state index contributed by atoms with van der Waals surface area (Å²) in [6.45, 7) is 17.2. The number of rotatable bonds is 4. The smallest absolute Gasteiger partial charge is 0.334 e. The van der Waals surface area contributed by atoms with Crippen molar-refractivity contribution >= 4 is 5.97 Å². The fourth-order valence-corrected chi connectivity index (χ4v) is 4.07. The number of hydrogen-bond donors (Lipinski definition) is 0. The Morgan fingerprint density at radius 2 is 1.81 bits per heavy atom. The Bertz CT molecular complexity index is 748. The SMILES string of the molecule is CC/C1=C\C=C\C[C@H](C)/C(C)=C\[C@H](CC)[C@@H](OC)/C(C)=C/C(C)=C/C[C@@H](C(C)C)OC1=O. The molecule has 0 aromatic rings. The summed E-state index contributed by atoms with van der Waals surface area (Å²) in [5, 5.41) is 0. The van der Waals surface area contributed by atoms with E-state index in [-0.39, 0.29) is 24.1 Å². The van der Waals surface area contributed by atoms with Crippen LogP contribution in [0.25, 0.3) is 0 Å². The summed E-state index contributed by atoms with van der Waals surface area (Å²) in [6, 6.07) is 0. The van der Waals surface area contributed by atoms with Gasteiger partial charge in [-0.05, 0) is 57.4 Å². The van der Waals surface area contributed by atoms with Crippen LogP contribution < -0.4 is 0 Å². The van der Waals surface area contributed by atoms with Gasteiger partial charge in [0.15, 0.2) is 0 Å². The molecule has 0 N–H and O–H groups in total. The monoisotopic (exact) mass is 442 g/mol. The predicted molar refractivity (Wildman–Crippen MR) is 136 cm³/mol. The van der Waals surface area contributed by atoms with Gasteiger partial charge in [0.1, 0.15) is 6.10 Å². The zero-order valence-corrected chi connectivity index (χ0v) is 21.9. The third-order valence-electron chi connectivity index (χ3n) is 6.51. The minimum Gasteiger partial charge on any atom is -0.458 e. The maximum absolute atomic E-state index is 12.8. The second-order valence-corrected chi connectivity index (χ2v) is 9.51. The molecule has 1 aliphatic rings. The van der Waals surface area contributed by atoms with Crippen molar-refractivity contribution in [2.75, 3.05) is 7.11 Å². The molecule has 4 atom stereocenters. The topological polar surface area (TPSA) is 35.5 Å². The summed E-state index contributed by atoms with van der Waals surface area (Å²) in [7, 11) is 1.80. The highest BCUT2D eigenvalue weighted by atomic mass is 16.5. The van der Waals surface area contributed by atoms with Gasteiger partial charge in [0.25, 0.3) is 0 Å². The first-order chi connectivity index (χ1) is 15.1. The minimum absolute atomic E-state index is 0.0497. The number of allylic oxidation sites excluding steroid dienone is 6. The summed E-state index contributed by atoms with van der Waals surface area (Å²) in [6.07, 6.45) is 16.1. The highest BCUT2D eigenvalue weighted by molar-refractivity contribution is 5.88. The molecular weight excluding hydrogens is 396 g/mol. The van der Waals surface area contributed by atoms with E-state index in [0.717, 1.165) is 18.4 Å². The van der Waals surface area contributed by atoms with Crippen molar-refractivity contribution in [3.63, 3.8) is 0 Å². The molecule has 0 spiro atoms. The normalized spacial score (nSPS) is 34.5. The number of esters is 1. The lowest BCUT2D eigenvalue weighted by molar-refractivity contribution is -0.146. The molecule has 0 fully saturated rings. The van der Waals surface area contributed by atoms with Gasteiger partial charge in [0.2, 0.25) is 0 Å². The Hall–Kier alpha value is -1.87. The molecular formula is C29H46O3. The molecule has 3 heteroatoms. The van der Waals surface area contributed by atoms with Crippen LogP contribution in [-0.2, 0) is 14.3 Å². The Labute approximate surface area is 197 Å². The van der Waals surface area contributed by atoms with Crippen LogP contribution in [0, 0.1) is 17.8 Å². The van der Waals surface area contributed by atoms with E-state index < -0.39 is 0 Å². The standard InChI is InChI=1S/C29H46O3/c1-10-25-15-13-12-14-22(6)23(7)19-26(11-2)28(31-9)24(8)18-21(5)16-17-27(20(3)4)32-29(25)30/h12-13,15-16,18-20,22,26-28H,10-11,14,17H2,1-9H3/b13-12+,21-16+,23-19-,24-18+,25-15+/t22-,26-,27-,28-/m0/s1. The van der Waals surface area contributed by atoms with E-state index in [1.165, 1.54) is 16.7 Å². The molecule has 0 amide bonds. The molecule has 0 aliphatic carbocycles. The van der Waals surface area contributed by atoms with Crippen molar-refractivity contribution in [1.82, 2.24) is 0 Å². The Morgan fingerprint density at radius 3 is 2.38 bits per heavy atom. The second-order valence-electron chi connectivity index (χ2n) is 9.51. The van der Waals surface area contributed by atoms with Crippen LogP contribution in [-0.4, -0.2) is 25.3 Å². The van der Waals surface area contributed by atoms with Gasteiger partial charge >= 0.3 is 5.97 Å². The zero-order valence-electron chi connectivity index (χ0n) is 21.9. The molecule has 1 aliphatic heterocycles. The van der Waals surface area contributed by atoms with E-state index in [1.807, 2.05) is 19.1 Å². The quantitative estimate of drug-likeness (QED) is 0.330. The van der Waals surface area contributed by atoms with E-state index in [1.54, 1.807) is 7.11 Å². The molecule has 0 saturated carbocycles. The summed E-state index contributed by atoms with van der Waals surface area (Å²) in [4.78, 5) is 12.8. The number of methoxy groups -OCH3 is 1. The molecule has 180 valence electrons. The van der Waals surface area contributed by atoms with Gasteiger partial charge in [-0.25, -0.2) is 4.79 Å². The molecule has 3 nitrogen and oxygen atoms in total. The van der Waals surface area contributed by atoms with Crippen molar-refractivity contribution in [2.24, 2.45) is 17.8 Å². The summed E-state index contributed by atoms with van der Waals surface area (Å²) in [5.74, 6) is 0.810. The van der Waals surface area contributed by atoms with Gasteiger partial charge in [0, 0.05) is 25.0 Å². The maximum Gasteiger partial charge on any atom is 0.334 e. The van der Waals surface area contributed by atoms with Crippen molar-refractivity contribution in [3.8, 4) is 0 Å². The van der Waals surface area contributed by atoms with Gasteiger partial charge in [-0.2, -0.15) is 0 Å². The van der Waals surface area contributed by atoms with Crippen LogP contribution in [0.4, 0.5) is 0 Å². The summed E-state index contributed by atoms with van der Waals surface area (Å²) in [5.41, 5.74) is 4.49. The lowest BCUT2D eigenvalue weighted by atomic mass is 9.87. The number of hydrogen-bond acceptors (Lipinski definition) is 3. The number of cyclic esters (lactones) is 1. The highest BCUT2D eigenvalue weighted by Gasteiger charge is 2.22. The molecule has 0 bridgehead atoms. The highest BCUT2D eigenvalue weighted by Crippen LogP contribution is 2.26. The van der Waals surface area contributed by atoms with Gasteiger partial charge in [-0.3, -0.25) is 0 Å². The molecule has 0 unspecified atom stereocenters. The van der Waals surface area contributed by atoms with Gasteiger partial charge < -0.3 is 9.47 Å². The lowest BCUT2D eigenvalue weighted by Crippen LogP contribution is -2.24. The van der Waals surface area contributed by atoms with Gasteiger partial charge in [-0.15, -0.1) is 0 Å². The molecule has 0 saturated heterocycles. The van der Waals surface area contributed by atoms with Crippen LogP contribution in [0.3, 0.4) is 0 Å². The van der Waals surface area contributed by atoms with Gasteiger partial charge in [0.05, 0.1) is 6.10 Å². The average molecular weight is 443 g/mol.